The zero-order chi connectivity index (χ0) is 12.5. The lowest BCUT2D eigenvalue weighted by Gasteiger charge is -2.16. The normalized spacial score (nSPS) is 13.0. The van der Waals surface area contributed by atoms with E-state index in [0.29, 0.717) is 5.92 Å². The predicted octanol–water partition coefficient (Wildman–Crippen LogP) is 5.51. The van der Waals surface area contributed by atoms with E-state index < -0.39 is 0 Å². The Morgan fingerprint density at radius 1 is 0.833 bits per heavy atom. The van der Waals surface area contributed by atoms with E-state index in [9.17, 15) is 0 Å². The molecule has 0 radical (unpaired) electrons. The molecule has 0 saturated carbocycles. The van der Waals surface area contributed by atoms with Crippen molar-refractivity contribution in [3.8, 4) is 0 Å². The first kappa shape index (κ1) is 11.3. The van der Waals surface area contributed by atoms with Gasteiger partial charge < -0.3 is 0 Å². The Kier molecular flexibility index (Phi) is 2.79. The lowest BCUT2D eigenvalue weighted by atomic mass is 9.88. The third-order valence-corrected chi connectivity index (χ3v) is 3.92. The van der Waals surface area contributed by atoms with Gasteiger partial charge in [-0.25, -0.2) is 0 Å². The molecule has 0 heteroatoms. The SMILES string of the molecule is CC[C@H](C)c1c2ccccc2cc2ccccc12. The van der Waals surface area contributed by atoms with Crippen molar-refractivity contribution in [2.75, 3.05) is 0 Å². The van der Waals surface area contributed by atoms with Gasteiger partial charge in [0.05, 0.1) is 0 Å². The van der Waals surface area contributed by atoms with Gasteiger partial charge in [0.15, 0.2) is 0 Å². The van der Waals surface area contributed by atoms with Gasteiger partial charge in [-0.15, -0.1) is 0 Å². The van der Waals surface area contributed by atoms with Crippen LogP contribution in [0.3, 0.4) is 0 Å². The maximum atomic E-state index is 2.33. The maximum Gasteiger partial charge on any atom is -0.0143 e. The molecule has 18 heavy (non-hydrogen) atoms. The second-order valence-corrected chi connectivity index (χ2v) is 5.04. The van der Waals surface area contributed by atoms with Gasteiger partial charge in [-0.3, -0.25) is 0 Å². The Morgan fingerprint density at radius 2 is 1.33 bits per heavy atom. The van der Waals surface area contributed by atoms with E-state index in [1.807, 2.05) is 0 Å². The first-order valence-corrected chi connectivity index (χ1v) is 6.71. The van der Waals surface area contributed by atoms with Gasteiger partial charge in [0, 0.05) is 0 Å². The largest absolute Gasteiger partial charge is 0.0648 e. The van der Waals surface area contributed by atoms with E-state index in [4.69, 9.17) is 0 Å². The quantitative estimate of drug-likeness (QED) is 0.513. The second kappa shape index (κ2) is 4.45. The number of rotatable bonds is 2. The number of benzene rings is 3. The number of hydrogen-bond donors (Lipinski definition) is 0. The number of fused-ring (bicyclic) bond motifs is 2. The van der Waals surface area contributed by atoms with Crippen molar-refractivity contribution in [3.63, 3.8) is 0 Å². The first-order chi connectivity index (χ1) is 8.81. The van der Waals surface area contributed by atoms with E-state index in [1.165, 1.54) is 33.5 Å². The summed E-state index contributed by atoms with van der Waals surface area (Å²) in [4.78, 5) is 0. The number of hydrogen-bond acceptors (Lipinski definition) is 0. The van der Waals surface area contributed by atoms with E-state index in [-0.39, 0.29) is 0 Å². The van der Waals surface area contributed by atoms with Crippen LogP contribution in [0.25, 0.3) is 21.5 Å². The van der Waals surface area contributed by atoms with Gasteiger partial charge in [0.1, 0.15) is 0 Å². The Bertz CT molecular complexity index is 641. The molecule has 0 N–H and O–H groups in total. The van der Waals surface area contributed by atoms with Crippen molar-refractivity contribution in [2.24, 2.45) is 0 Å². The molecule has 1 atom stereocenters. The summed E-state index contributed by atoms with van der Waals surface area (Å²) >= 11 is 0. The molecule has 3 aromatic rings. The molecule has 0 bridgehead atoms. The summed E-state index contributed by atoms with van der Waals surface area (Å²) in [5.41, 5.74) is 1.51. The molecule has 0 nitrogen and oxygen atoms in total. The molecule has 0 aromatic heterocycles. The van der Waals surface area contributed by atoms with Crippen LogP contribution in [-0.4, -0.2) is 0 Å². The summed E-state index contributed by atoms with van der Waals surface area (Å²) < 4.78 is 0. The molecule has 3 aromatic carbocycles. The Labute approximate surface area is 108 Å². The fraction of sp³-hybridized carbons (Fsp3) is 0.222. The Hall–Kier alpha value is -1.82. The first-order valence-electron chi connectivity index (χ1n) is 6.71. The van der Waals surface area contributed by atoms with Crippen LogP contribution in [0.5, 0.6) is 0 Å². The molecule has 0 unspecified atom stereocenters. The van der Waals surface area contributed by atoms with Gasteiger partial charge in [0.2, 0.25) is 0 Å². The van der Waals surface area contributed by atoms with E-state index in [1.54, 1.807) is 0 Å². The topological polar surface area (TPSA) is 0 Å². The lowest BCUT2D eigenvalue weighted by Crippen LogP contribution is -1.95. The molecule has 0 heterocycles. The molecule has 0 aliphatic rings. The highest BCUT2D eigenvalue weighted by Gasteiger charge is 2.11. The average molecular weight is 234 g/mol. The highest BCUT2D eigenvalue weighted by Crippen LogP contribution is 2.34. The fourth-order valence-electron chi connectivity index (χ4n) is 2.78. The Balaban J connectivity index is 2.49. The summed E-state index contributed by atoms with van der Waals surface area (Å²) in [7, 11) is 0. The summed E-state index contributed by atoms with van der Waals surface area (Å²) in [5.74, 6) is 0.598. The minimum atomic E-state index is 0.598. The summed E-state index contributed by atoms with van der Waals surface area (Å²) in [6, 6.07) is 19.8. The van der Waals surface area contributed by atoms with Crippen molar-refractivity contribution in [1.82, 2.24) is 0 Å². The molecule has 0 saturated heterocycles. The van der Waals surface area contributed by atoms with Crippen molar-refractivity contribution in [3.05, 3.63) is 60.2 Å². The van der Waals surface area contributed by atoms with Crippen molar-refractivity contribution < 1.29 is 0 Å². The molecule has 3 rings (SSSR count). The maximum absolute atomic E-state index is 2.33. The summed E-state index contributed by atoms with van der Waals surface area (Å²) in [6.45, 7) is 4.59. The van der Waals surface area contributed by atoms with E-state index in [0.717, 1.165) is 0 Å². The zero-order valence-electron chi connectivity index (χ0n) is 11.0. The fourth-order valence-corrected chi connectivity index (χ4v) is 2.78. The highest BCUT2D eigenvalue weighted by molar-refractivity contribution is 6.02. The average Bonchev–Trinajstić information content (AvgIpc) is 2.44. The van der Waals surface area contributed by atoms with Crippen molar-refractivity contribution in [2.45, 2.75) is 26.2 Å². The molecule has 0 fully saturated rings. The van der Waals surface area contributed by atoms with Crippen LogP contribution in [-0.2, 0) is 0 Å². The lowest BCUT2D eigenvalue weighted by molar-refractivity contribution is 0.745. The molecule has 0 aliphatic heterocycles. The van der Waals surface area contributed by atoms with Gasteiger partial charge >= 0.3 is 0 Å². The molecule has 90 valence electrons. The van der Waals surface area contributed by atoms with Gasteiger partial charge in [-0.2, -0.15) is 0 Å². The third kappa shape index (κ3) is 1.69. The third-order valence-electron chi connectivity index (χ3n) is 3.92. The van der Waals surface area contributed by atoms with Gasteiger partial charge in [-0.05, 0) is 45.5 Å². The van der Waals surface area contributed by atoms with Crippen LogP contribution < -0.4 is 0 Å². The minimum absolute atomic E-state index is 0.598. The molecular weight excluding hydrogens is 216 g/mol. The smallest absolute Gasteiger partial charge is 0.0143 e. The second-order valence-electron chi connectivity index (χ2n) is 5.04. The highest BCUT2D eigenvalue weighted by atomic mass is 14.2. The van der Waals surface area contributed by atoms with Crippen LogP contribution in [0.2, 0.25) is 0 Å². The molecule has 0 aliphatic carbocycles. The van der Waals surface area contributed by atoms with E-state index >= 15 is 0 Å². The van der Waals surface area contributed by atoms with E-state index in [2.05, 4.69) is 68.4 Å². The van der Waals surface area contributed by atoms with Crippen molar-refractivity contribution >= 4 is 21.5 Å². The monoisotopic (exact) mass is 234 g/mol. The Morgan fingerprint density at radius 3 is 1.83 bits per heavy atom. The predicted molar refractivity (Wildman–Crippen MR) is 80.2 cm³/mol. The standard InChI is InChI=1S/C18H18/c1-3-13(2)18-16-10-6-4-8-14(16)12-15-9-5-7-11-17(15)18/h4-13H,3H2,1-2H3/t13-/m0/s1. The van der Waals surface area contributed by atoms with Crippen LogP contribution >= 0.6 is 0 Å². The van der Waals surface area contributed by atoms with Crippen LogP contribution in [0, 0.1) is 0 Å². The minimum Gasteiger partial charge on any atom is -0.0648 e. The van der Waals surface area contributed by atoms with Crippen LogP contribution in [0.1, 0.15) is 31.7 Å². The van der Waals surface area contributed by atoms with Gasteiger partial charge in [-0.1, -0.05) is 62.4 Å². The van der Waals surface area contributed by atoms with Crippen molar-refractivity contribution in [1.29, 1.82) is 0 Å². The van der Waals surface area contributed by atoms with Gasteiger partial charge in [0.25, 0.3) is 0 Å². The van der Waals surface area contributed by atoms with Crippen LogP contribution in [0.15, 0.2) is 54.6 Å². The molecular formula is C18H18. The summed E-state index contributed by atoms with van der Waals surface area (Å²) in [5, 5.41) is 5.52. The summed E-state index contributed by atoms with van der Waals surface area (Å²) in [6.07, 6.45) is 1.18. The zero-order valence-corrected chi connectivity index (χ0v) is 11.0. The molecule has 0 spiro atoms. The molecule has 0 amide bonds. The van der Waals surface area contributed by atoms with Crippen LogP contribution in [0.4, 0.5) is 0 Å².